The average molecular weight is 340 g/mol. The van der Waals surface area contributed by atoms with Crippen LogP contribution in [0.4, 0.5) is 0 Å². The highest BCUT2D eigenvalue weighted by atomic mass is 79.9. The molecule has 0 bridgehead atoms. The molecule has 1 heterocycles. The zero-order valence-corrected chi connectivity index (χ0v) is 14.1. The molecule has 20 heavy (non-hydrogen) atoms. The van der Waals surface area contributed by atoms with Gasteiger partial charge in [0, 0.05) is 42.7 Å². The first-order chi connectivity index (χ1) is 9.61. The fraction of sp³-hybridized carbons (Fsp3) is 0.625. The standard InChI is InChI=1S/C16H26BrN3/c1-3-13-12-20(11-10-19(13)2)9-8-16(18)14-6-4-5-7-15(14)17/h4-7,13,16H,3,8-12,18H2,1-2H3. The fourth-order valence-corrected chi connectivity index (χ4v) is 3.49. The number of halogens is 1. The van der Waals surface area contributed by atoms with Crippen molar-refractivity contribution in [2.24, 2.45) is 5.73 Å². The van der Waals surface area contributed by atoms with Gasteiger partial charge in [-0.2, -0.15) is 0 Å². The summed E-state index contributed by atoms with van der Waals surface area (Å²) in [4.78, 5) is 5.04. The smallest absolute Gasteiger partial charge is 0.0318 e. The maximum absolute atomic E-state index is 6.34. The Morgan fingerprint density at radius 2 is 2.10 bits per heavy atom. The molecule has 2 unspecified atom stereocenters. The Hall–Kier alpha value is -0.420. The average Bonchev–Trinajstić information content (AvgIpc) is 2.46. The van der Waals surface area contributed by atoms with Crippen molar-refractivity contribution in [2.45, 2.75) is 31.8 Å². The Kier molecular flexibility index (Phi) is 6.02. The van der Waals surface area contributed by atoms with Crippen LogP contribution in [0.25, 0.3) is 0 Å². The number of nitrogens with two attached hydrogens (primary N) is 1. The minimum atomic E-state index is 0.116. The first kappa shape index (κ1) is 16.0. The third-order valence-corrected chi connectivity index (χ3v) is 5.12. The van der Waals surface area contributed by atoms with Crippen molar-refractivity contribution in [2.75, 3.05) is 33.2 Å². The molecule has 112 valence electrons. The molecule has 4 heteroatoms. The number of piperazine rings is 1. The molecule has 1 aliphatic rings. The van der Waals surface area contributed by atoms with Gasteiger partial charge in [-0.15, -0.1) is 0 Å². The lowest BCUT2D eigenvalue weighted by molar-refractivity contribution is 0.0911. The van der Waals surface area contributed by atoms with E-state index in [2.05, 4.69) is 57.9 Å². The molecule has 0 aliphatic carbocycles. The van der Waals surface area contributed by atoms with E-state index in [-0.39, 0.29) is 6.04 Å². The first-order valence-electron chi connectivity index (χ1n) is 7.54. The van der Waals surface area contributed by atoms with Crippen molar-refractivity contribution in [3.05, 3.63) is 34.3 Å². The lowest BCUT2D eigenvalue weighted by atomic mass is 10.0. The van der Waals surface area contributed by atoms with Gasteiger partial charge in [0.2, 0.25) is 0 Å². The first-order valence-corrected chi connectivity index (χ1v) is 8.33. The maximum atomic E-state index is 6.34. The predicted molar refractivity (Wildman–Crippen MR) is 88.8 cm³/mol. The summed E-state index contributed by atoms with van der Waals surface area (Å²) in [6.45, 7) is 6.87. The van der Waals surface area contributed by atoms with Gasteiger partial charge in [-0.25, -0.2) is 0 Å². The van der Waals surface area contributed by atoms with Crippen LogP contribution in [0.2, 0.25) is 0 Å². The van der Waals surface area contributed by atoms with E-state index < -0.39 is 0 Å². The van der Waals surface area contributed by atoms with Gasteiger partial charge in [-0.1, -0.05) is 41.1 Å². The number of rotatable bonds is 5. The summed E-state index contributed by atoms with van der Waals surface area (Å²) in [5.74, 6) is 0. The maximum Gasteiger partial charge on any atom is 0.0318 e. The van der Waals surface area contributed by atoms with Gasteiger partial charge in [0.05, 0.1) is 0 Å². The largest absolute Gasteiger partial charge is 0.324 e. The number of likely N-dealkylation sites (N-methyl/N-ethyl adjacent to an activating group) is 1. The van der Waals surface area contributed by atoms with Crippen molar-refractivity contribution >= 4 is 15.9 Å². The molecule has 0 spiro atoms. The lowest BCUT2D eigenvalue weighted by Crippen LogP contribution is -2.51. The third kappa shape index (κ3) is 4.04. The third-order valence-electron chi connectivity index (χ3n) is 4.39. The lowest BCUT2D eigenvalue weighted by Gasteiger charge is -2.39. The van der Waals surface area contributed by atoms with Crippen LogP contribution < -0.4 is 5.73 Å². The molecule has 0 amide bonds. The van der Waals surface area contributed by atoms with Crippen LogP contribution in [0.15, 0.2) is 28.7 Å². The van der Waals surface area contributed by atoms with Crippen LogP contribution in [0, 0.1) is 0 Å². The minimum Gasteiger partial charge on any atom is -0.324 e. The van der Waals surface area contributed by atoms with Gasteiger partial charge in [-0.3, -0.25) is 0 Å². The number of nitrogens with zero attached hydrogens (tertiary/aromatic N) is 2. The van der Waals surface area contributed by atoms with E-state index in [0.717, 1.165) is 24.0 Å². The van der Waals surface area contributed by atoms with Crippen LogP contribution >= 0.6 is 15.9 Å². The van der Waals surface area contributed by atoms with E-state index in [1.54, 1.807) is 0 Å². The van der Waals surface area contributed by atoms with Gasteiger partial charge in [0.25, 0.3) is 0 Å². The molecule has 0 aromatic heterocycles. The normalized spacial score (nSPS) is 22.9. The molecular formula is C16H26BrN3. The monoisotopic (exact) mass is 339 g/mol. The zero-order chi connectivity index (χ0) is 14.5. The summed E-state index contributed by atoms with van der Waals surface area (Å²) >= 11 is 3.59. The molecule has 1 fully saturated rings. The van der Waals surface area contributed by atoms with Crippen LogP contribution in [-0.4, -0.2) is 49.1 Å². The van der Waals surface area contributed by atoms with Gasteiger partial charge in [0.15, 0.2) is 0 Å². The van der Waals surface area contributed by atoms with Crippen LogP contribution in [-0.2, 0) is 0 Å². The van der Waals surface area contributed by atoms with Crippen LogP contribution in [0.3, 0.4) is 0 Å². The Morgan fingerprint density at radius 3 is 2.80 bits per heavy atom. The molecular weight excluding hydrogens is 314 g/mol. The summed E-state index contributed by atoms with van der Waals surface area (Å²) < 4.78 is 1.12. The Bertz CT molecular complexity index is 424. The van der Waals surface area contributed by atoms with Crippen molar-refractivity contribution in [1.29, 1.82) is 0 Å². The van der Waals surface area contributed by atoms with E-state index in [1.165, 1.54) is 25.1 Å². The van der Waals surface area contributed by atoms with E-state index in [0.29, 0.717) is 6.04 Å². The van der Waals surface area contributed by atoms with Crippen molar-refractivity contribution in [3.8, 4) is 0 Å². The highest BCUT2D eigenvalue weighted by molar-refractivity contribution is 9.10. The second kappa shape index (κ2) is 7.55. The Morgan fingerprint density at radius 1 is 1.35 bits per heavy atom. The molecule has 2 rings (SSSR count). The highest BCUT2D eigenvalue weighted by Crippen LogP contribution is 2.24. The quantitative estimate of drug-likeness (QED) is 0.895. The molecule has 1 aromatic carbocycles. The minimum absolute atomic E-state index is 0.116. The molecule has 1 saturated heterocycles. The number of benzene rings is 1. The summed E-state index contributed by atoms with van der Waals surface area (Å²) in [5, 5.41) is 0. The number of hydrogen-bond acceptors (Lipinski definition) is 3. The predicted octanol–water partition coefficient (Wildman–Crippen LogP) is 2.87. The molecule has 0 saturated carbocycles. The zero-order valence-electron chi connectivity index (χ0n) is 12.6. The Labute approximate surface area is 131 Å². The van der Waals surface area contributed by atoms with E-state index in [4.69, 9.17) is 5.73 Å². The molecule has 2 atom stereocenters. The second-order valence-electron chi connectivity index (χ2n) is 5.76. The molecule has 2 N–H and O–H groups in total. The Balaban J connectivity index is 1.85. The molecule has 1 aliphatic heterocycles. The van der Waals surface area contributed by atoms with E-state index in [9.17, 15) is 0 Å². The van der Waals surface area contributed by atoms with Crippen LogP contribution in [0.5, 0.6) is 0 Å². The SMILES string of the molecule is CCC1CN(CCC(N)c2ccccc2Br)CCN1C. The summed E-state index contributed by atoms with van der Waals surface area (Å²) in [5.41, 5.74) is 7.56. The summed E-state index contributed by atoms with van der Waals surface area (Å²) in [6, 6.07) is 9.09. The summed E-state index contributed by atoms with van der Waals surface area (Å²) in [7, 11) is 2.23. The van der Waals surface area contributed by atoms with Crippen molar-refractivity contribution in [3.63, 3.8) is 0 Å². The van der Waals surface area contributed by atoms with Crippen molar-refractivity contribution < 1.29 is 0 Å². The molecule has 1 aromatic rings. The van der Waals surface area contributed by atoms with E-state index >= 15 is 0 Å². The number of hydrogen-bond donors (Lipinski definition) is 1. The molecule has 0 radical (unpaired) electrons. The van der Waals surface area contributed by atoms with E-state index in [1.807, 2.05) is 6.07 Å². The van der Waals surface area contributed by atoms with Crippen molar-refractivity contribution in [1.82, 2.24) is 9.80 Å². The summed E-state index contributed by atoms with van der Waals surface area (Å²) in [6.07, 6.45) is 2.24. The topological polar surface area (TPSA) is 32.5 Å². The van der Waals surface area contributed by atoms with Gasteiger partial charge in [0.1, 0.15) is 0 Å². The fourth-order valence-electron chi connectivity index (χ4n) is 2.91. The molecule has 3 nitrogen and oxygen atoms in total. The van der Waals surface area contributed by atoms with Gasteiger partial charge >= 0.3 is 0 Å². The van der Waals surface area contributed by atoms with Gasteiger partial charge in [-0.05, 0) is 31.5 Å². The second-order valence-corrected chi connectivity index (χ2v) is 6.61. The highest BCUT2D eigenvalue weighted by Gasteiger charge is 2.23. The van der Waals surface area contributed by atoms with Gasteiger partial charge < -0.3 is 15.5 Å². The van der Waals surface area contributed by atoms with Crippen LogP contribution in [0.1, 0.15) is 31.4 Å².